The topological polar surface area (TPSA) is 35.5 Å². The van der Waals surface area contributed by atoms with Gasteiger partial charge in [-0.05, 0) is 18.9 Å². The molecule has 0 radical (unpaired) electrons. The third-order valence-electron chi connectivity index (χ3n) is 4.46. The van der Waals surface area contributed by atoms with Crippen molar-refractivity contribution in [2.45, 2.75) is 38.4 Å². The number of benzene rings is 1. The molecule has 1 aliphatic carbocycles. The summed E-state index contributed by atoms with van der Waals surface area (Å²) in [6.45, 7) is 2.07. The van der Waals surface area contributed by atoms with Gasteiger partial charge in [0.25, 0.3) is 0 Å². The van der Waals surface area contributed by atoms with Crippen LogP contribution in [0.5, 0.6) is 0 Å². The first-order valence-corrected chi connectivity index (χ1v) is 7.44. The summed E-state index contributed by atoms with van der Waals surface area (Å²) in [4.78, 5) is 11.8. The van der Waals surface area contributed by atoms with Gasteiger partial charge in [-0.25, -0.2) is 0 Å². The van der Waals surface area contributed by atoms with Crippen molar-refractivity contribution in [3.63, 3.8) is 0 Å². The van der Waals surface area contributed by atoms with Gasteiger partial charge >= 0.3 is 0 Å². The maximum Gasteiger partial charge on any atom is 0.174 e. The van der Waals surface area contributed by atoms with Crippen LogP contribution in [0.25, 0.3) is 0 Å². The van der Waals surface area contributed by atoms with Crippen molar-refractivity contribution in [1.82, 2.24) is 0 Å². The molecule has 0 aromatic heterocycles. The van der Waals surface area contributed by atoms with Crippen LogP contribution in [0, 0.1) is 5.92 Å². The number of carbonyl (C=O) groups is 1. The minimum absolute atomic E-state index is 0.00235. The molecule has 1 saturated carbocycles. The van der Waals surface area contributed by atoms with Crippen molar-refractivity contribution in [2.24, 2.45) is 5.92 Å². The van der Waals surface area contributed by atoms with E-state index >= 15 is 0 Å². The minimum atomic E-state index is -0.662. The van der Waals surface area contributed by atoms with Crippen LogP contribution in [-0.2, 0) is 20.7 Å². The van der Waals surface area contributed by atoms with Gasteiger partial charge < -0.3 is 9.47 Å². The SMILES string of the molecule is COC1(OC)CCC(=O)CC1C(C)=CCc1ccccc1. The summed E-state index contributed by atoms with van der Waals surface area (Å²) in [5, 5.41) is 0. The number of hydrogen-bond acceptors (Lipinski definition) is 3. The molecule has 1 atom stereocenters. The molecular weight excluding hydrogens is 264 g/mol. The lowest BCUT2D eigenvalue weighted by Gasteiger charge is -2.41. The monoisotopic (exact) mass is 288 g/mol. The summed E-state index contributed by atoms with van der Waals surface area (Å²) in [6, 6.07) is 10.3. The van der Waals surface area contributed by atoms with Crippen LogP contribution in [0.15, 0.2) is 42.0 Å². The molecule has 0 N–H and O–H groups in total. The van der Waals surface area contributed by atoms with E-state index in [1.807, 2.05) is 18.2 Å². The van der Waals surface area contributed by atoms with E-state index in [0.29, 0.717) is 19.3 Å². The number of allylic oxidation sites excluding steroid dienone is 1. The van der Waals surface area contributed by atoms with E-state index in [1.165, 1.54) is 5.56 Å². The zero-order valence-corrected chi connectivity index (χ0v) is 13.1. The summed E-state index contributed by atoms with van der Waals surface area (Å²) in [5.74, 6) is -0.375. The van der Waals surface area contributed by atoms with Gasteiger partial charge in [0.05, 0.1) is 0 Å². The highest BCUT2D eigenvalue weighted by Gasteiger charge is 2.44. The molecule has 21 heavy (non-hydrogen) atoms. The molecule has 1 fully saturated rings. The zero-order valence-electron chi connectivity index (χ0n) is 13.1. The maximum absolute atomic E-state index is 11.8. The molecular formula is C18H24O3. The third kappa shape index (κ3) is 3.60. The fourth-order valence-electron chi connectivity index (χ4n) is 3.09. The Hall–Kier alpha value is -1.45. The van der Waals surface area contributed by atoms with Gasteiger partial charge in [-0.1, -0.05) is 42.0 Å². The highest BCUT2D eigenvalue weighted by atomic mass is 16.7. The highest BCUT2D eigenvalue weighted by Crippen LogP contribution is 2.39. The first-order valence-electron chi connectivity index (χ1n) is 7.44. The molecule has 3 nitrogen and oxygen atoms in total. The van der Waals surface area contributed by atoms with Crippen LogP contribution in [0.3, 0.4) is 0 Å². The smallest absolute Gasteiger partial charge is 0.174 e. The van der Waals surface area contributed by atoms with E-state index in [9.17, 15) is 4.79 Å². The summed E-state index contributed by atoms with van der Waals surface area (Å²) in [6.07, 6.45) is 4.70. The standard InChI is InChI=1S/C18H24O3/c1-14(9-10-15-7-5-4-6-8-15)17-13-16(19)11-12-18(17,20-2)21-3/h4-9,17H,10-13H2,1-3H3. The molecule has 0 spiro atoms. The normalized spacial score (nSPS) is 22.3. The largest absolute Gasteiger partial charge is 0.353 e. The van der Waals surface area contributed by atoms with Crippen LogP contribution < -0.4 is 0 Å². The minimum Gasteiger partial charge on any atom is -0.353 e. The van der Waals surface area contributed by atoms with E-state index in [1.54, 1.807) is 14.2 Å². The van der Waals surface area contributed by atoms with Gasteiger partial charge in [0, 0.05) is 39.4 Å². The van der Waals surface area contributed by atoms with Crippen LogP contribution in [0.1, 0.15) is 31.7 Å². The molecule has 3 heteroatoms. The average molecular weight is 288 g/mol. The second kappa shape index (κ2) is 7.01. The average Bonchev–Trinajstić information content (AvgIpc) is 2.54. The van der Waals surface area contributed by atoms with Gasteiger partial charge in [-0.2, -0.15) is 0 Å². The number of rotatable bonds is 5. The first kappa shape index (κ1) is 15.9. The van der Waals surface area contributed by atoms with E-state index < -0.39 is 5.79 Å². The summed E-state index contributed by atoms with van der Waals surface area (Å²) < 4.78 is 11.3. The van der Waals surface area contributed by atoms with E-state index in [-0.39, 0.29) is 11.7 Å². The van der Waals surface area contributed by atoms with Crippen LogP contribution >= 0.6 is 0 Å². The summed E-state index contributed by atoms with van der Waals surface area (Å²) >= 11 is 0. The number of ketones is 1. The van der Waals surface area contributed by atoms with Gasteiger partial charge in [-0.3, -0.25) is 4.79 Å². The number of ether oxygens (including phenoxy) is 2. The van der Waals surface area contributed by atoms with E-state index in [4.69, 9.17) is 9.47 Å². The summed E-state index contributed by atoms with van der Waals surface area (Å²) in [7, 11) is 3.33. The summed E-state index contributed by atoms with van der Waals surface area (Å²) in [5.41, 5.74) is 2.43. The van der Waals surface area contributed by atoms with Crippen molar-refractivity contribution in [2.75, 3.05) is 14.2 Å². The number of hydrogen-bond donors (Lipinski definition) is 0. The molecule has 1 aromatic carbocycles. The quantitative estimate of drug-likeness (QED) is 0.614. The predicted molar refractivity (Wildman–Crippen MR) is 83.0 cm³/mol. The van der Waals surface area contributed by atoms with Gasteiger partial charge in [-0.15, -0.1) is 0 Å². The fraction of sp³-hybridized carbons (Fsp3) is 0.500. The van der Waals surface area contributed by atoms with Crippen molar-refractivity contribution in [1.29, 1.82) is 0 Å². The molecule has 0 amide bonds. The van der Waals surface area contributed by atoms with Crippen LogP contribution in [0.4, 0.5) is 0 Å². The number of Topliss-reactive ketones (excluding diaryl/α,β-unsaturated/α-hetero) is 1. The number of methoxy groups -OCH3 is 2. The molecule has 1 unspecified atom stereocenters. The Bertz CT molecular complexity index is 500. The highest BCUT2D eigenvalue weighted by molar-refractivity contribution is 5.80. The molecule has 1 aliphatic rings. The molecule has 114 valence electrons. The molecule has 0 heterocycles. The molecule has 1 aromatic rings. The lowest BCUT2D eigenvalue weighted by molar-refractivity contribution is -0.243. The van der Waals surface area contributed by atoms with Crippen LogP contribution in [0.2, 0.25) is 0 Å². The Labute approximate surface area is 127 Å². The second-order valence-corrected chi connectivity index (χ2v) is 5.65. The molecule has 0 bridgehead atoms. The van der Waals surface area contributed by atoms with E-state index in [0.717, 1.165) is 12.0 Å². The molecule has 2 rings (SSSR count). The van der Waals surface area contributed by atoms with Crippen LogP contribution in [-0.4, -0.2) is 25.8 Å². The predicted octanol–water partition coefficient (Wildman–Crippen LogP) is 3.53. The Morgan fingerprint density at radius 3 is 2.57 bits per heavy atom. The first-order chi connectivity index (χ1) is 10.1. The second-order valence-electron chi connectivity index (χ2n) is 5.65. The van der Waals surface area contributed by atoms with Gasteiger partial charge in [0.1, 0.15) is 5.78 Å². The Kier molecular flexibility index (Phi) is 5.32. The Morgan fingerprint density at radius 1 is 1.29 bits per heavy atom. The van der Waals surface area contributed by atoms with Crippen molar-refractivity contribution in [3.05, 3.63) is 47.5 Å². The van der Waals surface area contributed by atoms with Gasteiger partial charge in [0.2, 0.25) is 0 Å². The molecule has 0 aliphatic heterocycles. The van der Waals surface area contributed by atoms with Crippen molar-refractivity contribution < 1.29 is 14.3 Å². The van der Waals surface area contributed by atoms with Crippen molar-refractivity contribution in [3.8, 4) is 0 Å². The number of carbonyl (C=O) groups excluding carboxylic acids is 1. The zero-order chi connectivity index (χ0) is 15.3. The molecule has 0 saturated heterocycles. The Morgan fingerprint density at radius 2 is 1.95 bits per heavy atom. The third-order valence-corrected chi connectivity index (χ3v) is 4.46. The lowest BCUT2D eigenvalue weighted by Crippen LogP contribution is -2.47. The lowest BCUT2D eigenvalue weighted by atomic mass is 9.77. The van der Waals surface area contributed by atoms with Gasteiger partial charge in [0.15, 0.2) is 5.79 Å². The fourth-order valence-corrected chi connectivity index (χ4v) is 3.09. The van der Waals surface area contributed by atoms with E-state index in [2.05, 4.69) is 25.1 Å². The van der Waals surface area contributed by atoms with Crippen molar-refractivity contribution >= 4 is 5.78 Å². The Balaban J connectivity index is 2.17. The maximum atomic E-state index is 11.8.